The minimum atomic E-state index is -0.456. The molecule has 25 heavy (non-hydrogen) atoms. The third-order valence-corrected chi connectivity index (χ3v) is 3.95. The van der Waals surface area contributed by atoms with Crippen molar-refractivity contribution >= 4 is 11.9 Å². The Hall–Kier alpha value is -3.14. The highest BCUT2D eigenvalue weighted by atomic mass is 16.5. The number of fused-ring (bicyclic) bond motifs is 3. The second kappa shape index (κ2) is 6.40. The highest BCUT2D eigenvalue weighted by molar-refractivity contribution is 5.90. The highest BCUT2D eigenvalue weighted by Gasteiger charge is 2.21. The van der Waals surface area contributed by atoms with E-state index in [0.717, 1.165) is 28.7 Å². The van der Waals surface area contributed by atoms with Gasteiger partial charge >= 0.3 is 11.9 Å². The summed E-state index contributed by atoms with van der Waals surface area (Å²) in [5.41, 5.74) is 4.89. The third-order valence-electron chi connectivity index (χ3n) is 3.95. The summed E-state index contributed by atoms with van der Waals surface area (Å²) in [6.45, 7) is 10.4. The van der Waals surface area contributed by atoms with Crippen LogP contribution < -0.4 is 9.47 Å². The molecule has 0 spiro atoms. The molecule has 0 radical (unpaired) electrons. The summed E-state index contributed by atoms with van der Waals surface area (Å²) in [6.07, 6.45) is 0.786. The van der Waals surface area contributed by atoms with E-state index in [1.807, 2.05) is 24.3 Å². The van der Waals surface area contributed by atoms with Gasteiger partial charge in [0.1, 0.15) is 11.5 Å². The maximum atomic E-state index is 11.7. The molecule has 0 N–H and O–H groups in total. The minimum absolute atomic E-state index is 0.342. The van der Waals surface area contributed by atoms with Crippen LogP contribution in [-0.2, 0) is 16.0 Å². The van der Waals surface area contributed by atoms with Gasteiger partial charge in [0.2, 0.25) is 0 Å². The predicted octanol–water partition coefficient (Wildman–Crippen LogP) is 4.22. The van der Waals surface area contributed by atoms with Crippen LogP contribution in [0.3, 0.4) is 0 Å². The van der Waals surface area contributed by atoms with Crippen molar-refractivity contribution in [3.63, 3.8) is 0 Å². The van der Waals surface area contributed by atoms with Crippen LogP contribution in [0.4, 0.5) is 0 Å². The van der Waals surface area contributed by atoms with Crippen LogP contribution in [0, 0.1) is 0 Å². The monoisotopic (exact) mass is 334 g/mol. The second-order valence-corrected chi connectivity index (χ2v) is 6.15. The van der Waals surface area contributed by atoms with Gasteiger partial charge in [0, 0.05) is 11.1 Å². The van der Waals surface area contributed by atoms with E-state index in [4.69, 9.17) is 9.47 Å². The molecular weight excluding hydrogens is 316 g/mol. The van der Waals surface area contributed by atoms with Gasteiger partial charge in [0.15, 0.2) is 0 Å². The fraction of sp³-hybridized carbons (Fsp3) is 0.143. The average Bonchev–Trinajstić information content (AvgIpc) is 2.92. The first-order valence-corrected chi connectivity index (χ1v) is 7.87. The van der Waals surface area contributed by atoms with Crippen LogP contribution in [0.1, 0.15) is 25.0 Å². The van der Waals surface area contributed by atoms with Gasteiger partial charge in [-0.05, 0) is 66.8 Å². The second-order valence-electron chi connectivity index (χ2n) is 6.15. The van der Waals surface area contributed by atoms with Crippen molar-refractivity contribution in [3.8, 4) is 22.6 Å². The summed E-state index contributed by atoms with van der Waals surface area (Å²) in [5.74, 6) is 0.0116. The third kappa shape index (κ3) is 3.38. The molecule has 0 saturated heterocycles. The van der Waals surface area contributed by atoms with E-state index in [-0.39, 0.29) is 0 Å². The molecule has 0 atom stereocenters. The summed E-state index contributed by atoms with van der Waals surface area (Å²) in [6, 6.07) is 11.1. The quantitative estimate of drug-likeness (QED) is 0.407. The smallest absolute Gasteiger partial charge is 0.338 e. The molecule has 0 bridgehead atoms. The summed E-state index contributed by atoms with van der Waals surface area (Å²) >= 11 is 0. The van der Waals surface area contributed by atoms with Gasteiger partial charge < -0.3 is 9.47 Å². The lowest BCUT2D eigenvalue weighted by Crippen LogP contribution is -2.08. The van der Waals surface area contributed by atoms with E-state index >= 15 is 0 Å². The Balaban J connectivity index is 1.93. The molecular formula is C21H18O4. The number of benzene rings is 2. The lowest BCUT2D eigenvalue weighted by atomic mass is 10.1. The topological polar surface area (TPSA) is 52.6 Å². The Bertz CT molecular complexity index is 846. The molecule has 0 saturated carbocycles. The average molecular weight is 334 g/mol. The summed E-state index contributed by atoms with van der Waals surface area (Å²) in [4.78, 5) is 23.4. The molecule has 0 aliphatic heterocycles. The molecule has 2 aromatic rings. The minimum Gasteiger partial charge on any atom is -0.423 e. The van der Waals surface area contributed by atoms with E-state index < -0.39 is 11.9 Å². The summed E-state index contributed by atoms with van der Waals surface area (Å²) in [7, 11) is 0. The molecule has 4 nitrogen and oxygen atoms in total. The van der Waals surface area contributed by atoms with Crippen LogP contribution in [-0.4, -0.2) is 11.9 Å². The first kappa shape index (κ1) is 16.7. The SMILES string of the molecule is C=C(C)C(=O)Oc1ccc2c(c1)-c1cc(OC(=O)C(=C)C)ccc1C2. The number of esters is 2. The van der Waals surface area contributed by atoms with Crippen LogP contribution in [0.25, 0.3) is 11.1 Å². The van der Waals surface area contributed by atoms with Crippen LogP contribution in [0.15, 0.2) is 60.7 Å². The van der Waals surface area contributed by atoms with Gasteiger partial charge in [0.25, 0.3) is 0 Å². The Labute approximate surface area is 146 Å². The van der Waals surface area contributed by atoms with Crippen molar-refractivity contribution in [2.24, 2.45) is 0 Å². The first-order valence-electron chi connectivity index (χ1n) is 7.87. The number of ether oxygens (including phenoxy) is 2. The van der Waals surface area contributed by atoms with Gasteiger partial charge in [-0.2, -0.15) is 0 Å². The first-order chi connectivity index (χ1) is 11.8. The van der Waals surface area contributed by atoms with Crippen molar-refractivity contribution < 1.29 is 19.1 Å². The lowest BCUT2D eigenvalue weighted by Gasteiger charge is -2.08. The Morgan fingerprint density at radius 3 is 1.56 bits per heavy atom. The van der Waals surface area contributed by atoms with E-state index in [1.54, 1.807) is 26.0 Å². The zero-order valence-corrected chi connectivity index (χ0v) is 14.2. The number of carbonyl (C=O) groups excluding carboxylic acids is 2. The molecule has 0 amide bonds. The molecule has 1 aliphatic rings. The van der Waals surface area contributed by atoms with E-state index in [9.17, 15) is 9.59 Å². The van der Waals surface area contributed by atoms with E-state index in [0.29, 0.717) is 22.6 Å². The number of rotatable bonds is 4. The number of hydrogen-bond acceptors (Lipinski definition) is 4. The molecule has 3 rings (SSSR count). The largest absolute Gasteiger partial charge is 0.423 e. The van der Waals surface area contributed by atoms with Crippen LogP contribution in [0.2, 0.25) is 0 Å². The molecule has 126 valence electrons. The fourth-order valence-corrected chi connectivity index (χ4v) is 2.64. The van der Waals surface area contributed by atoms with Gasteiger partial charge in [0.05, 0.1) is 0 Å². The molecule has 0 fully saturated rings. The van der Waals surface area contributed by atoms with Crippen molar-refractivity contribution in [2.45, 2.75) is 20.3 Å². The maximum absolute atomic E-state index is 11.7. The molecule has 4 heteroatoms. The van der Waals surface area contributed by atoms with Crippen molar-refractivity contribution in [1.29, 1.82) is 0 Å². The van der Waals surface area contributed by atoms with E-state index in [2.05, 4.69) is 13.2 Å². The highest BCUT2D eigenvalue weighted by Crippen LogP contribution is 2.40. The maximum Gasteiger partial charge on any atom is 0.338 e. The van der Waals surface area contributed by atoms with Gasteiger partial charge in [-0.25, -0.2) is 9.59 Å². The molecule has 0 heterocycles. The Morgan fingerprint density at radius 1 is 0.800 bits per heavy atom. The lowest BCUT2D eigenvalue weighted by molar-refractivity contribution is -0.130. The van der Waals surface area contributed by atoms with Crippen LogP contribution in [0.5, 0.6) is 11.5 Å². The molecule has 0 aromatic heterocycles. The normalized spacial score (nSPS) is 11.3. The van der Waals surface area contributed by atoms with Crippen LogP contribution >= 0.6 is 0 Å². The standard InChI is InChI=1S/C21H18O4/c1-12(2)20(22)24-16-7-5-14-9-15-6-8-17(25-21(23)13(3)4)11-19(15)18(14)10-16/h5-8,10-11H,1,3,9H2,2,4H3. The predicted molar refractivity (Wildman–Crippen MR) is 95.6 cm³/mol. The summed E-state index contributed by atoms with van der Waals surface area (Å²) in [5, 5.41) is 0. The zero-order valence-electron chi connectivity index (χ0n) is 14.2. The fourth-order valence-electron chi connectivity index (χ4n) is 2.64. The van der Waals surface area contributed by atoms with E-state index in [1.165, 1.54) is 0 Å². The van der Waals surface area contributed by atoms with Crippen molar-refractivity contribution in [2.75, 3.05) is 0 Å². The number of hydrogen-bond donors (Lipinski definition) is 0. The van der Waals surface area contributed by atoms with Gasteiger partial charge in [-0.15, -0.1) is 0 Å². The summed E-state index contributed by atoms with van der Waals surface area (Å²) < 4.78 is 10.6. The Kier molecular flexibility index (Phi) is 4.28. The van der Waals surface area contributed by atoms with Crippen molar-refractivity contribution in [3.05, 3.63) is 71.8 Å². The molecule has 2 aromatic carbocycles. The number of carbonyl (C=O) groups is 2. The zero-order chi connectivity index (χ0) is 18.1. The molecule has 1 aliphatic carbocycles. The molecule has 0 unspecified atom stereocenters. The van der Waals surface area contributed by atoms with Gasteiger partial charge in [-0.1, -0.05) is 25.3 Å². The Morgan fingerprint density at radius 2 is 1.20 bits per heavy atom. The van der Waals surface area contributed by atoms with Gasteiger partial charge in [-0.3, -0.25) is 0 Å². The van der Waals surface area contributed by atoms with Crippen molar-refractivity contribution in [1.82, 2.24) is 0 Å².